The number of carbonyl (C=O) groups excluding carboxylic acids is 2. The molecule has 0 aromatic heterocycles. The first-order valence-electron chi connectivity index (χ1n) is 22.2. The van der Waals surface area contributed by atoms with Gasteiger partial charge in [0, 0.05) is 22.3 Å². The van der Waals surface area contributed by atoms with Gasteiger partial charge in [-0.2, -0.15) is 0 Å². The van der Waals surface area contributed by atoms with Crippen molar-refractivity contribution in [2.24, 2.45) is 0 Å². The van der Waals surface area contributed by atoms with Gasteiger partial charge >= 0.3 is 0 Å². The predicted molar refractivity (Wildman–Crippen MR) is 213 cm³/mol. The molecule has 0 unspecified atom stereocenters. The molecule has 2 nitrogen and oxygen atoms in total. The third kappa shape index (κ3) is 21.8. The highest BCUT2D eigenvalue weighted by Crippen LogP contribution is 2.36. The SMILES string of the molecule is CCCCCCCCCCC1=C(CCCCCCCCCC)C(=O)C(CCCCCCCCCC)=C(CCCCCCCCCC)C1=O. The van der Waals surface area contributed by atoms with Crippen molar-refractivity contribution in [2.45, 2.75) is 259 Å². The number of unbranched alkanes of at least 4 members (excludes halogenated alkanes) is 28. The first kappa shape index (κ1) is 44.8. The Balaban J connectivity index is 2.94. The molecule has 2 heteroatoms. The van der Waals surface area contributed by atoms with E-state index in [9.17, 15) is 9.59 Å². The molecule has 0 aromatic carbocycles. The molecular weight excluding hydrogens is 585 g/mol. The quantitative estimate of drug-likeness (QED) is 0.0492. The molecule has 48 heavy (non-hydrogen) atoms. The highest BCUT2D eigenvalue weighted by Gasteiger charge is 2.32. The summed E-state index contributed by atoms with van der Waals surface area (Å²) >= 11 is 0. The van der Waals surface area contributed by atoms with E-state index < -0.39 is 0 Å². The average molecular weight is 669 g/mol. The van der Waals surface area contributed by atoms with E-state index in [0.717, 1.165) is 73.7 Å². The van der Waals surface area contributed by atoms with E-state index in [2.05, 4.69) is 27.7 Å². The van der Waals surface area contributed by atoms with Crippen molar-refractivity contribution in [1.29, 1.82) is 0 Å². The molecular formula is C46H84O2. The standard InChI is InChI=1S/C46H84O2/c1-5-9-13-17-21-25-29-33-37-41-42(38-34-30-26-22-18-14-10-6-2)46(48)44(40-36-32-28-24-20-16-12-8-4)43(45(41)47)39-35-31-27-23-19-15-11-7-3/h5-40H2,1-4H3. The highest BCUT2D eigenvalue weighted by molar-refractivity contribution is 6.25. The minimum Gasteiger partial charge on any atom is -0.289 e. The summed E-state index contributed by atoms with van der Waals surface area (Å²) in [5.41, 5.74) is 3.73. The lowest BCUT2D eigenvalue weighted by Crippen LogP contribution is -2.25. The Morgan fingerprint density at radius 1 is 0.229 bits per heavy atom. The van der Waals surface area contributed by atoms with Crippen LogP contribution in [0.15, 0.2) is 22.3 Å². The van der Waals surface area contributed by atoms with E-state index in [1.807, 2.05) is 0 Å². The molecule has 1 aliphatic carbocycles. The van der Waals surface area contributed by atoms with Gasteiger partial charge in [0.2, 0.25) is 0 Å². The fourth-order valence-electron chi connectivity index (χ4n) is 7.71. The summed E-state index contributed by atoms with van der Waals surface area (Å²) in [5, 5.41) is 0. The van der Waals surface area contributed by atoms with Gasteiger partial charge in [0.1, 0.15) is 0 Å². The van der Waals surface area contributed by atoms with Crippen molar-refractivity contribution >= 4 is 11.6 Å². The second-order valence-electron chi connectivity index (χ2n) is 15.5. The normalized spacial score (nSPS) is 13.8. The molecule has 0 saturated carbocycles. The van der Waals surface area contributed by atoms with E-state index in [4.69, 9.17) is 0 Å². The fraction of sp³-hybridized carbons (Fsp3) is 0.870. The Bertz CT molecular complexity index is 712. The second-order valence-corrected chi connectivity index (χ2v) is 15.5. The first-order valence-corrected chi connectivity index (χ1v) is 22.2. The van der Waals surface area contributed by atoms with Crippen molar-refractivity contribution in [3.8, 4) is 0 Å². The van der Waals surface area contributed by atoms with E-state index >= 15 is 0 Å². The molecule has 0 bridgehead atoms. The van der Waals surface area contributed by atoms with Gasteiger partial charge in [-0.1, -0.05) is 207 Å². The second kappa shape index (κ2) is 33.0. The van der Waals surface area contributed by atoms with Gasteiger partial charge in [-0.15, -0.1) is 0 Å². The van der Waals surface area contributed by atoms with Crippen LogP contribution in [0.3, 0.4) is 0 Å². The molecule has 0 aliphatic heterocycles. The zero-order valence-electron chi connectivity index (χ0n) is 33.3. The maximum atomic E-state index is 14.4. The zero-order valence-corrected chi connectivity index (χ0v) is 33.3. The number of ketones is 2. The average Bonchev–Trinajstić information content (AvgIpc) is 3.09. The molecule has 0 atom stereocenters. The van der Waals surface area contributed by atoms with Crippen molar-refractivity contribution < 1.29 is 9.59 Å². The minimum atomic E-state index is 0.282. The van der Waals surface area contributed by atoms with Crippen molar-refractivity contribution in [3.63, 3.8) is 0 Å². The molecule has 0 heterocycles. The Labute approximate surface area is 301 Å². The van der Waals surface area contributed by atoms with Crippen LogP contribution in [0.1, 0.15) is 259 Å². The number of allylic oxidation sites excluding steroid dienone is 4. The van der Waals surface area contributed by atoms with Gasteiger partial charge in [0.15, 0.2) is 11.6 Å². The Hall–Kier alpha value is -1.18. The van der Waals surface area contributed by atoms with E-state index in [-0.39, 0.29) is 11.6 Å². The Morgan fingerprint density at radius 2 is 0.375 bits per heavy atom. The lowest BCUT2D eigenvalue weighted by Gasteiger charge is -2.25. The predicted octanol–water partition coefficient (Wildman–Crippen LogP) is 15.9. The van der Waals surface area contributed by atoms with Crippen molar-refractivity contribution in [1.82, 2.24) is 0 Å². The van der Waals surface area contributed by atoms with Crippen LogP contribution in [0.4, 0.5) is 0 Å². The van der Waals surface area contributed by atoms with Crippen LogP contribution in [0.25, 0.3) is 0 Å². The van der Waals surface area contributed by atoms with Crippen LogP contribution in [-0.2, 0) is 9.59 Å². The molecule has 280 valence electrons. The van der Waals surface area contributed by atoms with Gasteiger partial charge in [0.05, 0.1) is 0 Å². The zero-order chi connectivity index (χ0) is 34.9. The fourth-order valence-corrected chi connectivity index (χ4v) is 7.71. The largest absolute Gasteiger partial charge is 0.289 e. The van der Waals surface area contributed by atoms with Crippen molar-refractivity contribution in [3.05, 3.63) is 22.3 Å². The molecule has 0 aromatic rings. The van der Waals surface area contributed by atoms with E-state index in [1.165, 1.54) is 180 Å². The lowest BCUT2D eigenvalue weighted by atomic mass is 9.77. The molecule has 1 rings (SSSR count). The summed E-state index contributed by atoms with van der Waals surface area (Å²) < 4.78 is 0. The summed E-state index contributed by atoms with van der Waals surface area (Å²) in [6.45, 7) is 9.11. The first-order chi connectivity index (χ1) is 23.6. The van der Waals surface area contributed by atoms with Crippen LogP contribution < -0.4 is 0 Å². The van der Waals surface area contributed by atoms with Crippen LogP contribution in [-0.4, -0.2) is 11.6 Å². The lowest BCUT2D eigenvalue weighted by molar-refractivity contribution is -0.117. The molecule has 0 radical (unpaired) electrons. The van der Waals surface area contributed by atoms with Crippen molar-refractivity contribution in [2.75, 3.05) is 0 Å². The Morgan fingerprint density at radius 3 is 0.542 bits per heavy atom. The third-order valence-corrected chi connectivity index (χ3v) is 10.9. The maximum absolute atomic E-state index is 14.4. The topological polar surface area (TPSA) is 34.1 Å². The molecule has 0 amide bonds. The maximum Gasteiger partial charge on any atom is 0.185 e. The summed E-state index contributed by atoms with van der Waals surface area (Å²) in [6.07, 6.45) is 43.8. The smallest absolute Gasteiger partial charge is 0.185 e. The molecule has 0 saturated heterocycles. The minimum absolute atomic E-state index is 0.282. The van der Waals surface area contributed by atoms with E-state index in [1.54, 1.807) is 0 Å². The molecule has 0 fully saturated rings. The van der Waals surface area contributed by atoms with Crippen LogP contribution in [0.5, 0.6) is 0 Å². The van der Waals surface area contributed by atoms with Crippen LogP contribution >= 0.6 is 0 Å². The van der Waals surface area contributed by atoms with Gasteiger partial charge < -0.3 is 0 Å². The number of rotatable bonds is 36. The van der Waals surface area contributed by atoms with Gasteiger partial charge in [0.25, 0.3) is 0 Å². The Kier molecular flexibility index (Phi) is 30.8. The highest BCUT2D eigenvalue weighted by atomic mass is 16.1. The number of hydrogen-bond donors (Lipinski definition) is 0. The molecule has 0 spiro atoms. The molecule has 0 N–H and O–H groups in total. The molecule has 1 aliphatic rings. The van der Waals surface area contributed by atoms with Crippen LogP contribution in [0, 0.1) is 0 Å². The summed E-state index contributed by atoms with van der Waals surface area (Å²) in [6, 6.07) is 0. The summed E-state index contributed by atoms with van der Waals surface area (Å²) in [7, 11) is 0. The van der Waals surface area contributed by atoms with E-state index in [0.29, 0.717) is 0 Å². The summed E-state index contributed by atoms with van der Waals surface area (Å²) in [4.78, 5) is 28.7. The van der Waals surface area contributed by atoms with Gasteiger partial charge in [-0.3, -0.25) is 9.59 Å². The van der Waals surface area contributed by atoms with Gasteiger partial charge in [-0.25, -0.2) is 0 Å². The monoisotopic (exact) mass is 669 g/mol. The third-order valence-electron chi connectivity index (χ3n) is 10.9. The number of hydrogen-bond acceptors (Lipinski definition) is 2. The number of Topliss-reactive ketones (excluding diaryl/α,β-unsaturated/α-hetero) is 2. The summed E-state index contributed by atoms with van der Waals surface area (Å²) in [5.74, 6) is 0.564. The van der Waals surface area contributed by atoms with Crippen LogP contribution in [0.2, 0.25) is 0 Å². The van der Waals surface area contributed by atoms with Gasteiger partial charge in [-0.05, 0) is 51.4 Å². The number of carbonyl (C=O) groups is 2.